The molecule has 4 rings (SSSR count). The van der Waals surface area contributed by atoms with Crippen LogP contribution in [0.4, 0.5) is 4.39 Å². The minimum atomic E-state index is -1.54. The van der Waals surface area contributed by atoms with Gasteiger partial charge in [-0.05, 0) is 36.8 Å². The molecule has 1 aliphatic heterocycles. The molecule has 2 atom stereocenters. The lowest BCUT2D eigenvalue weighted by Gasteiger charge is -2.38. The fraction of sp³-hybridized carbons (Fsp3) is 0.320. The summed E-state index contributed by atoms with van der Waals surface area (Å²) in [5, 5.41) is 14.1. The molecule has 2 heterocycles. The van der Waals surface area contributed by atoms with Crippen LogP contribution < -0.4 is 5.73 Å². The number of aromatic nitrogens is 1. The highest BCUT2D eigenvalue weighted by atomic mass is 19.1. The normalized spacial score (nSPS) is 17.3. The number of carboxylic acid groups (broad SMARTS) is 1. The first kappa shape index (κ1) is 22.8. The first-order valence-electron chi connectivity index (χ1n) is 11.0. The van der Waals surface area contributed by atoms with Gasteiger partial charge >= 0.3 is 5.97 Å². The van der Waals surface area contributed by atoms with Crippen LogP contribution in [-0.4, -0.2) is 40.9 Å². The summed E-state index contributed by atoms with van der Waals surface area (Å²) in [7, 11) is 0. The van der Waals surface area contributed by atoms with E-state index in [1.807, 2.05) is 35.2 Å². The molecule has 0 spiro atoms. The van der Waals surface area contributed by atoms with Crippen molar-refractivity contribution in [1.29, 1.82) is 0 Å². The Bertz CT molecular complexity index is 1160. The number of carboxylic acids is 1. The monoisotopic (exact) mass is 450 g/mol. The van der Waals surface area contributed by atoms with Gasteiger partial charge in [-0.15, -0.1) is 0 Å². The van der Waals surface area contributed by atoms with Gasteiger partial charge in [0, 0.05) is 24.6 Å². The van der Waals surface area contributed by atoms with Crippen molar-refractivity contribution in [2.45, 2.75) is 37.9 Å². The molecule has 3 aromatic rings. The summed E-state index contributed by atoms with van der Waals surface area (Å²) in [6.07, 6.45) is 2.90. The Hall–Kier alpha value is -3.36. The van der Waals surface area contributed by atoms with Gasteiger partial charge in [0.25, 0.3) is 0 Å². The molecule has 3 N–H and O–H groups in total. The Morgan fingerprint density at radius 1 is 1.24 bits per heavy atom. The number of hydrogen-bond donors (Lipinski definition) is 2. The van der Waals surface area contributed by atoms with Gasteiger partial charge in [-0.3, -0.25) is 15.6 Å². The fourth-order valence-electron chi connectivity index (χ4n) is 4.42. The minimum absolute atomic E-state index is 0.0601. The second-order valence-electron chi connectivity index (χ2n) is 8.34. The molecular formula is C25H27FN4O3. The molecule has 1 aliphatic rings. The van der Waals surface area contributed by atoms with Crippen LogP contribution >= 0.6 is 0 Å². The van der Waals surface area contributed by atoms with E-state index >= 15 is 0 Å². The molecule has 1 fully saturated rings. The summed E-state index contributed by atoms with van der Waals surface area (Å²) in [5.41, 5.74) is 8.34. The first-order chi connectivity index (χ1) is 15.9. The third-order valence-electron chi connectivity index (χ3n) is 6.33. The zero-order valence-corrected chi connectivity index (χ0v) is 18.5. The van der Waals surface area contributed by atoms with E-state index in [9.17, 15) is 14.3 Å². The number of nitrogens with two attached hydrogens (primary N) is 1. The van der Waals surface area contributed by atoms with Crippen LogP contribution in [0.3, 0.4) is 0 Å². The van der Waals surface area contributed by atoms with E-state index in [0.717, 1.165) is 24.8 Å². The number of hydrogen-bond acceptors (Lipinski definition) is 6. The SMILES string of the molecule is C=NC(N)(c1onc(C(C)c2ccc(-c3ccccc3)c(F)c2)c1C(=O)O)N1CCCCC1. The summed E-state index contributed by atoms with van der Waals surface area (Å²) in [6.45, 7) is 6.65. The average Bonchev–Trinajstić information content (AvgIpc) is 3.30. The van der Waals surface area contributed by atoms with Crippen LogP contribution in [0.25, 0.3) is 11.1 Å². The van der Waals surface area contributed by atoms with Crippen molar-refractivity contribution in [3.05, 3.63) is 76.9 Å². The second kappa shape index (κ2) is 9.25. The van der Waals surface area contributed by atoms with Crippen molar-refractivity contribution in [3.8, 4) is 11.1 Å². The largest absolute Gasteiger partial charge is 0.477 e. The Kier molecular flexibility index (Phi) is 6.40. The molecule has 1 aromatic heterocycles. The molecule has 0 radical (unpaired) electrons. The summed E-state index contributed by atoms with van der Waals surface area (Å²) in [6, 6.07) is 14.1. The van der Waals surface area contributed by atoms with Crippen molar-refractivity contribution in [1.82, 2.24) is 10.1 Å². The maximum Gasteiger partial charge on any atom is 0.341 e. The third-order valence-corrected chi connectivity index (χ3v) is 6.33. The lowest BCUT2D eigenvalue weighted by molar-refractivity contribution is 0.0480. The lowest BCUT2D eigenvalue weighted by atomic mass is 9.91. The Balaban J connectivity index is 1.72. The summed E-state index contributed by atoms with van der Waals surface area (Å²) in [4.78, 5) is 18.2. The van der Waals surface area contributed by atoms with Gasteiger partial charge in [-0.25, -0.2) is 9.18 Å². The number of aliphatic imine (C=N–C) groups is 1. The Morgan fingerprint density at radius 3 is 2.55 bits per heavy atom. The van der Waals surface area contributed by atoms with Gasteiger partial charge < -0.3 is 9.63 Å². The number of likely N-dealkylation sites (tertiary alicyclic amines) is 1. The van der Waals surface area contributed by atoms with Gasteiger partial charge in [-0.2, -0.15) is 0 Å². The topological polar surface area (TPSA) is 105 Å². The lowest BCUT2D eigenvalue weighted by Crippen LogP contribution is -2.54. The predicted octanol–water partition coefficient (Wildman–Crippen LogP) is 4.59. The van der Waals surface area contributed by atoms with Crippen molar-refractivity contribution in [2.24, 2.45) is 10.7 Å². The summed E-state index contributed by atoms with van der Waals surface area (Å²) in [5.74, 6) is -3.79. The molecule has 2 unspecified atom stereocenters. The molecule has 0 aliphatic carbocycles. The number of aromatic carboxylic acids is 1. The molecule has 8 heteroatoms. The van der Waals surface area contributed by atoms with Crippen LogP contribution in [0, 0.1) is 5.82 Å². The van der Waals surface area contributed by atoms with E-state index < -0.39 is 23.5 Å². The summed E-state index contributed by atoms with van der Waals surface area (Å²) < 4.78 is 20.5. The molecule has 33 heavy (non-hydrogen) atoms. The van der Waals surface area contributed by atoms with E-state index in [0.29, 0.717) is 24.2 Å². The average molecular weight is 451 g/mol. The third kappa shape index (κ3) is 4.19. The van der Waals surface area contributed by atoms with Gasteiger partial charge in [0.05, 0.1) is 0 Å². The number of carbonyl (C=O) groups is 1. The smallest absolute Gasteiger partial charge is 0.341 e. The van der Waals surface area contributed by atoms with Crippen molar-refractivity contribution >= 4 is 12.7 Å². The minimum Gasteiger partial charge on any atom is -0.477 e. The number of rotatable bonds is 7. The van der Waals surface area contributed by atoms with E-state index in [2.05, 4.69) is 16.9 Å². The van der Waals surface area contributed by atoms with E-state index in [1.54, 1.807) is 19.1 Å². The van der Waals surface area contributed by atoms with Crippen LogP contribution in [0.15, 0.2) is 58.0 Å². The molecule has 7 nitrogen and oxygen atoms in total. The first-order valence-corrected chi connectivity index (χ1v) is 11.0. The van der Waals surface area contributed by atoms with E-state index in [-0.39, 0.29) is 17.0 Å². The zero-order chi connectivity index (χ0) is 23.6. The predicted molar refractivity (Wildman–Crippen MR) is 124 cm³/mol. The van der Waals surface area contributed by atoms with Crippen molar-refractivity contribution in [3.63, 3.8) is 0 Å². The van der Waals surface area contributed by atoms with Gasteiger partial charge in [0.2, 0.25) is 11.5 Å². The molecule has 2 aromatic carbocycles. The molecule has 1 saturated heterocycles. The van der Waals surface area contributed by atoms with Gasteiger partial charge in [-0.1, -0.05) is 61.0 Å². The second-order valence-corrected chi connectivity index (χ2v) is 8.34. The summed E-state index contributed by atoms with van der Waals surface area (Å²) >= 11 is 0. The molecule has 0 saturated carbocycles. The van der Waals surface area contributed by atoms with E-state index in [4.69, 9.17) is 10.3 Å². The van der Waals surface area contributed by atoms with Crippen molar-refractivity contribution in [2.75, 3.05) is 13.1 Å². The van der Waals surface area contributed by atoms with Crippen LogP contribution in [0.1, 0.15) is 59.5 Å². The fourth-order valence-corrected chi connectivity index (χ4v) is 4.42. The maximum atomic E-state index is 15.0. The zero-order valence-electron chi connectivity index (χ0n) is 18.5. The van der Waals surface area contributed by atoms with Crippen LogP contribution in [0.5, 0.6) is 0 Å². The van der Waals surface area contributed by atoms with Crippen LogP contribution in [0.2, 0.25) is 0 Å². The quantitative estimate of drug-likeness (QED) is 0.510. The molecule has 0 bridgehead atoms. The van der Waals surface area contributed by atoms with Crippen molar-refractivity contribution < 1.29 is 18.8 Å². The maximum absolute atomic E-state index is 15.0. The number of piperidine rings is 1. The molecule has 0 amide bonds. The Labute approximate surface area is 191 Å². The highest BCUT2D eigenvalue weighted by Crippen LogP contribution is 2.36. The Morgan fingerprint density at radius 2 is 1.94 bits per heavy atom. The number of benzene rings is 2. The standard InChI is InChI=1S/C25H27FN4O3/c1-16(18-11-12-19(20(26)15-18)17-9-5-3-6-10-17)22-21(24(31)32)23(33-29-22)25(27,28-2)30-13-7-4-8-14-30/h3,5-6,9-12,15-16H,2,4,7-8,13-14,27H2,1H3,(H,31,32). The van der Waals surface area contributed by atoms with Gasteiger partial charge in [0.15, 0.2) is 0 Å². The number of halogens is 1. The number of nitrogens with zero attached hydrogens (tertiary/aromatic N) is 3. The molecular weight excluding hydrogens is 423 g/mol. The highest BCUT2D eigenvalue weighted by molar-refractivity contribution is 5.90. The van der Waals surface area contributed by atoms with E-state index in [1.165, 1.54) is 6.07 Å². The molecule has 172 valence electrons. The highest BCUT2D eigenvalue weighted by Gasteiger charge is 2.43. The van der Waals surface area contributed by atoms with Crippen LogP contribution in [-0.2, 0) is 5.79 Å². The van der Waals surface area contributed by atoms with Gasteiger partial charge in [0.1, 0.15) is 17.1 Å².